The van der Waals surface area contributed by atoms with Gasteiger partial charge in [0.15, 0.2) is 10.9 Å². The van der Waals surface area contributed by atoms with E-state index in [4.69, 9.17) is 9.72 Å². The van der Waals surface area contributed by atoms with Crippen LogP contribution in [-0.4, -0.2) is 39.4 Å². The molecule has 31 heavy (non-hydrogen) atoms. The highest BCUT2D eigenvalue weighted by molar-refractivity contribution is 7.99. The number of aryl methyl sites for hydroxylation is 3. The minimum Gasteiger partial charge on any atom is -0.383 e. The summed E-state index contributed by atoms with van der Waals surface area (Å²) < 4.78 is 9.02. The average Bonchev–Trinajstić information content (AvgIpc) is 3.27. The molecule has 166 valence electrons. The summed E-state index contributed by atoms with van der Waals surface area (Å²) in [5.74, 6) is 0.321. The standard InChI is InChI=1S/C23H29N3O3S2/c1-5-25-22(28)20-16-8-6-7-9-19(16)31-21(20)24-23(25)30-13-18(27)17-12-14(2)26(15(17)3)10-11-29-4/h12H,5-11,13H2,1-4H3. The van der Waals surface area contributed by atoms with E-state index in [2.05, 4.69) is 4.57 Å². The molecule has 8 heteroatoms. The highest BCUT2D eigenvalue weighted by Crippen LogP contribution is 2.34. The summed E-state index contributed by atoms with van der Waals surface area (Å²) in [6.07, 6.45) is 4.33. The lowest BCUT2D eigenvalue weighted by Crippen LogP contribution is -2.23. The minimum atomic E-state index is 0.0413. The highest BCUT2D eigenvalue weighted by Gasteiger charge is 2.23. The number of aromatic nitrogens is 3. The van der Waals surface area contributed by atoms with E-state index in [1.165, 1.54) is 28.6 Å². The SMILES string of the molecule is CCn1c(SCC(=O)c2cc(C)n(CCOC)c2C)nc2sc3c(c2c1=O)CCCC3. The van der Waals surface area contributed by atoms with Crippen LogP contribution in [0.3, 0.4) is 0 Å². The third kappa shape index (κ3) is 4.13. The fourth-order valence-electron chi connectivity index (χ4n) is 4.43. The number of fused-ring (bicyclic) bond motifs is 3. The molecular formula is C23H29N3O3S2. The number of hydrogen-bond acceptors (Lipinski definition) is 6. The second-order valence-corrected chi connectivity index (χ2v) is 10.0. The lowest BCUT2D eigenvalue weighted by atomic mass is 9.97. The molecule has 0 amide bonds. The van der Waals surface area contributed by atoms with E-state index in [-0.39, 0.29) is 17.1 Å². The van der Waals surface area contributed by atoms with Crippen LogP contribution in [0.2, 0.25) is 0 Å². The number of methoxy groups -OCH3 is 1. The van der Waals surface area contributed by atoms with Gasteiger partial charge in [-0.3, -0.25) is 14.2 Å². The van der Waals surface area contributed by atoms with Crippen LogP contribution < -0.4 is 5.56 Å². The quantitative estimate of drug-likeness (QED) is 0.284. The van der Waals surface area contributed by atoms with Gasteiger partial charge in [-0.1, -0.05) is 11.8 Å². The number of thiophene rings is 1. The summed E-state index contributed by atoms with van der Waals surface area (Å²) in [5, 5.41) is 1.44. The topological polar surface area (TPSA) is 66.1 Å². The first-order chi connectivity index (χ1) is 15.0. The van der Waals surface area contributed by atoms with Gasteiger partial charge in [0.1, 0.15) is 4.83 Å². The lowest BCUT2D eigenvalue weighted by Gasteiger charge is -2.12. The first-order valence-electron chi connectivity index (χ1n) is 10.8. The summed E-state index contributed by atoms with van der Waals surface area (Å²) in [6, 6.07) is 1.95. The Hall–Kier alpha value is -1.90. The number of hydrogen-bond donors (Lipinski definition) is 0. The van der Waals surface area contributed by atoms with Gasteiger partial charge in [0, 0.05) is 42.0 Å². The van der Waals surface area contributed by atoms with Crippen molar-refractivity contribution in [1.82, 2.24) is 14.1 Å². The van der Waals surface area contributed by atoms with Crippen LogP contribution >= 0.6 is 23.1 Å². The second-order valence-electron chi connectivity index (χ2n) is 7.98. The fraction of sp³-hybridized carbons (Fsp3) is 0.522. The number of nitrogens with zero attached hydrogens (tertiary/aromatic N) is 3. The third-order valence-electron chi connectivity index (χ3n) is 6.08. The Morgan fingerprint density at radius 1 is 1.26 bits per heavy atom. The molecule has 0 aromatic carbocycles. The van der Waals surface area contributed by atoms with E-state index in [1.807, 2.05) is 26.8 Å². The van der Waals surface area contributed by atoms with Crippen molar-refractivity contribution in [3.63, 3.8) is 0 Å². The number of Topliss-reactive ketones (excluding diaryl/α,β-unsaturated/α-hetero) is 1. The predicted molar refractivity (Wildman–Crippen MR) is 127 cm³/mol. The number of ether oxygens (including phenoxy) is 1. The van der Waals surface area contributed by atoms with Crippen molar-refractivity contribution in [2.24, 2.45) is 0 Å². The molecule has 4 rings (SSSR count). The molecule has 1 aliphatic rings. The average molecular weight is 460 g/mol. The van der Waals surface area contributed by atoms with E-state index >= 15 is 0 Å². The Labute approximate surface area is 190 Å². The third-order valence-corrected chi connectivity index (χ3v) is 8.24. The Morgan fingerprint density at radius 3 is 2.77 bits per heavy atom. The van der Waals surface area contributed by atoms with Gasteiger partial charge < -0.3 is 9.30 Å². The van der Waals surface area contributed by atoms with Crippen LogP contribution in [0.5, 0.6) is 0 Å². The Kier molecular flexibility index (Phi) is 6.69. The summed E-state index contributed by atoms with van der Waals surface area (Å²) in [4.78, 5) is 33.2. The molecule has 0 bridgehead atoms. The van der Waals surface area contributed by atoms with Gasteiger partial charge in [0.25, 0.3) is 5.56 Å². The molecular weight excluding hydrogens is 430 g/mol. The summed E-state index contributed by atoms with van der Waals surface area (Å²) >= 11 is 3.02. The van der Waals surface area contributed by atoms with Crippen LogP contribution in [-0.2, 0) is 30.7 Å². The van der Waals surface area contributed by atoms with Crippen LogP contribution in [0.4, 0.5) is 0 Å². The molecule has 0 atom stereocenters. The van der Waals surface area contributed by atoms with E-state index in [0.717, 1.165) is 53.0 Å². The van der Waals surface area contributed by atoms with Crippen molar-refractivity contribution in [2.75, 3.05) is 19.5 Å². The van der Waals surface area contributed by atoms with Crippen molar-refractivity contribution >= 4 is 39.1 Å². The van der Waals surface area contributed by atoms with Crippen LogP contribution in [0, 0.1) is 13.8 Å². The van der Waals surface area contributed by atoms with Gasteiger partial charge in [0.05, 0.1) is 17.7 Å². The molecule has 0 N–H and O–H groups in total. The fourth-order valence-corrected chi connectivity index (χ4v) is 6.68. The van der Waals surface area contributed by atoms with Gasteiger partial charge in [0.2, 0.25) is 0 Å². The van der Waals surface area contributed by atoms with E-state index in [9.17, 15) is 9.59 Å². The van der Waals surface area contributed by atoms with E-state index in [0.29, 0.717) is 18.3 Å². The molecule has 0 unspecified atom stereocenters. The van der Waals surface area contributed by atoms with E-state index < -0.39 is 0 Å². The number of carbonyl (C=O) groups is 1. The maximum absolute atomic E-state index is 13.2. The second kappa shape index (κ2) is 9.30. The molecule has 1 aliphatic carbocycles. The van der Waals surface area contributed by atoms with Crippen molar-refractivity contribution in [1.29, 1.82) is 0 Å². The van der Waals surface area contributed by atoms with Gasteiger partial charge in [-0.25, -0.2) is 4.98 Å². The monoisotopic (exact) mass is 459 g/mol. The molecule has 0 spiro atoms. The molecule has 3 aromatic heterocycles. The largest absolute Gasteiger partial charge is 0.383 e. The molecule has 0 aliphatic heterocycles. The first-order valence-corrected chi connectivity index (χ1v) is 12.6. The van der Waals surface area contributed by atoms with Crippen molar-refractivity contribution in [3.8, 4) is 0 Å². The summed E-state index contributed by atoms with van der Waals surface area (Å²) in [6.45, 7) is 7.83. The van der Waals surface area contributed by atoms with Crippen LogP contribution in [0.25, 0.3) is 10.2 Å². The lowest BCUT2D eigenvalue weighted by molar-refractivity contribution is 0.102. The Morgan fingerprint density at radius 2 is 2.03 bits per heavy atom. The van der Waals surface area contributed by atoms with Crippen molar-refractivity contribution in [2.45, 2.75) is 64.7 Å². The van der Waals surface area contributed by atoms with E-state index in [1.54, 1.807) is 23.0 Å². The smallest absolute Gasteiger partial charge is 0.263 e. The number of carbonyl (C=O) groups excluding carboxylic acids is 1. The zero-order valence-corrected chi connectivity index (χ0v) is 20.3. The maximum Gasteiger partial charge on any atom is 0.263 e. The number of thioether (sulfide) groups is 1. The number of rotatable bonds is 8. The molecule has 0 saturated carbocycles. The Bertz CT molecular complexity index is 1190. The molecule has 6 nitrogen and oxygen atoms in total. The predicted octanol–water partition coefficient (Wildman–Crippen LogP) is 4.40. The zero-order valence-electron chi connectivity index (χ0n) is 18.6. The molecule has 0 fully saturated rings. The highest BCUT2D eigenvalue weighted by atomic mass is 32.2. The van der Waals surface area contributed by atoms with Crippen LogP contribution in [0.15, 0.2) is 16.0 Å². The minimum absolute atomic E-state index is 0.0413. The van der Waals surface area contributed by atoms with Crippen molar-refractivity contribution in [3.05, 3.63) is 43.8 Å². The van der Waals surface area contributed by atoms with Gasteiger partial charge in [-0.05, 0) is 58.1 Å². The van der Waals surface area contributed by atoms with Crippen LogP contribution in [0.1, 0.15) is 52.0 Å². The molecule has 3 heterocycles. The zero-order chi connectivity index (χ0) is 22.1. The maximum atomic E-state index is 13.2. The molecule has 0 saturated heterocycles. The number of ketones is 1. The first kappa shape index (κ1) is 22.3. The summed E-state index contributed by atoms with van der Waals surface area (Å²) in [7, 11) is 1.68. The van der Waals surface area contributed by atoms with Gasteiger partial charge in [-0.2, -0.15) is 0 Å². The summed E-state index contributed by atoms with van der Waals surface area (Å²) in [5.41, 5.74) is 4.00. The van der Waals surface area contributed by atoms with Crippen molar-refractivity contribution < 1.29 is 9.53 Å². The molecule has 3 aromatic rings. The Balaban J connectivity index is 1.61. The molecule has 0 radical (unpaired) electrons. The van der Waals surface area contributed by atoms with Gasteiger partial charge in [-0.15, -0.1) is 11.3 Å². The van der Waals surface area contributed by atoms with Gasteiger partial charge >= 0.3 is 0 Å². The normalized spacial score (nSPS) is 13.7.